The number of amides is 2. The van der Waals surface area contributed by atoms with Gasteiger partial charge in [-0.2, -0.15) is 5.10 Å². The summed E-state index contributed by atoms with van der Waals surface area (Å²) in [6, 6.07) is 10.8. The monoisotopic (exact) mass is 310 g/mol. The highest BCUT2D eigenvalue weighted by atomic mass is 16.2. The van der Waals surface area contributed by atoms with Crippen LogP contribution in [0.3, 0.4) is 0 Å². The summed E-state index contributed by atoms with van der Waals surface area (Å²) in [5.74, 6) is -0.552. The molecule has 0 saturated heterocycles. The van der Waals surface area contributed by atoms with E-state index < -0.39 is 0 Å². The van der Waals surface area contributed by atoms with Crippen LogP contribution >= 0.6 is 0 Å². The van der Waals surface area contributed by atoms with Gasteiger partial charge in [-0.1, -0.05) is 12.1 Å². The minimum absolute atomic E-state index is 0.0985. The second-order valence-corrected chi connectivity index (χ2v) is 5.12. The van der Waals surface area contributed by atoms with E-state index in [1.54, 1.807) is 25.3 Å². The molecule has 0 aliphatic rings. The van der Waals surface area contributed by atoms with Crippen LogP contribution in [0.25, 0.3) is 0 Å². The molecule has 0 spiro atoms. The largest absolute Gasteiger partial charge is 0.326 e. The molecule has 2 N–H and O–H groups in total. The van der Waals surface area contributed by atoms with Gasteiger partial charge in [-0.25, -0.2) is 5.43 Å². The van der Waals surface area contributed by atoms with Crippen molar-refractivity contribution in [2.24, 2.45) is 5.10 Å². The Morgan fingerprint density at radius 3 is 2.74 bits per heavy atom. The third-order valence-electron chi connectivity index (χ3n) is 2.99. The fourth-order valence-electron chi connectivity index (χ4n) is 1.91. The van der Waals surface area contributed by atoms with E-state index in [0.717, 1.165) is 11.3 Å². The SMILES string of the molecule is CC(CC(=O)Nc1cccc(C)c1)=NNC(=O)c1cccnc1. The molecule has 0 aliphatic carbocycles. The number of aryl methyl sites for hydroxylation is 1. The van der Waals surface area contributed by atoms with Crippen molar-refractivity contribution in [3.8, 4) is 0 Å². The zero-order valence-electron chi connectivity index (χ0n) is 13.0. The molecule has 2 amide bonds. The van der Waals surface area contributed by atoms with Crippen molar-refractivity contribution in [1.82, 2.24) is 10.4 Å². The molecule has 0 unspecified atom stereocenters. The summed E-state index contributed by atoms with van der Waals surface area (Å²) >= 11 is 0. The minimum Gasteiger partial charge on any atom is -0.326 e. The van der Waals surface area contributed by atoms with E-state index in [9.17, 15) is 9.59 Å². The van der Waals surface area contributed by atoms with E-state index in [1.165, 1.54) is 6.20 Å². The molecule has 1 aromatic heterocycles. The van der Waals surface area contributed by atoms with E-state index in [-0.39, 0.29) is 18.2 Å². The number of anilines is 1. The predicted molar refractivity (Wildman–Crippen MR) is 89.2 cm³/mol. The Kier molecular flexibility index (Phi) is 5.57. The number of hydrazone groups is 1. The maximum atomic E-state index is 11.9. The van der Waals surface area contributed by atoms with Gasteiger partial charge in [0, 0.05) is 23.8 Å². The molecule has 1 aromatic carbocycles. The maximum Gasteiger partial charge on any atom is 0.272 e. The summed E-state index contributed by atoms with van der Waals surface area (Å²) < 4.78 is 0. The van der Waals surface area contributed by atoms with Gasteiger partial charge in [-0.05, 0) is 43.7 Å². The van der Waals surface area contributed by atoms with E-state index in [1.807, 2.05) is 31.2 Å². The highest BCUT2D eigenvalue weighted by Gasteiger charge is 2.07. The first-order chi connectivity index (χ1) is 11.0. The van der Waals surface area contributed by atoms with Gasteiger partial charge in [-0.15, -0.1) is 0 Å². The van der Waals surface area contributed by atoms with Crippen molar-refractivity contribution in [3.63, 3.8) is 0 Å². The molecular formula is C17H18N4O2. The molecule has 1 heterocycles. The summed E-state index contributed by atoms with van der Waals surface area (Å²) in [4.78, 5) is 27.6. The first kappa shape index (κ1) is 16.4. The van der Waals surface area contributed by atoms with Crippen LogP contribution in [0.15, 0.2) is 53.9 Å². The molecule has 118 valence electrons. The van der Waals surface area contributed by atoms with Crippen molar-refractivity contribution in [2.45, 2.75) is 20.3 Å². The van der Waals surface area contributed by atoms with Crippen LogP contribution in [0.5, 0.6) is 0 Å². The van der Waals surface area contributed by atoms with Gasteiger partial charge in [0.25, 0.3) is 5.91 Å². The van der Waals surface area contributed by atoms with E-state index in [4.69, 9.17) is 0 Å². The molecule has 0 aliphatic heterocycles. The summed E-state index contributed by atoms with van der Waals surface area (Å²) in [6.07, 6.45) is 3.13. The van der Waals surface area contributed by atoms with Crippen molar-refractivity contribution >= 4 is 23.2 Å². The van der Waals surface area contributed by atoms with Gasteiger partial charge in [0.2, 0.25) is 5.91 Å². The Labute approximate surface area is 134 Å². The van der Waals surface area contributed by atoms with Crippen LogP contribution in [-0.2, 0) is 4.79 Å². The van der Waals surface area contributed by atoms with Crippen LogP contribution < -0.4 is 10.7 Å². The maximum absolute atomic E-state index is 11.9. The second kappa shape index (κ2) is 7.84. The van der Waals surface area contributed by atoms with Gasteiger partial charge in [0.1, 0.15) is 0 Å². The lowest BCUT2D eigenvalue weighted by molar-refractivity contribution is -0.115. The molecule has 2 aromatic rings. The third-order valence-corrected chi connectivity index (χ3v) is 2.99. The van der Waals surface area contributed by atoms with Gasteiger partial charge in [0.15, 0.2) is 0 Å². The van der Waals surface area contributed by atoms with E-state index >= 15 is 0 Å². The van der Waals surface area contributed by atoms with Gasteiger partial charge < -0.3 is 5.32 Å². The molecule has 6 nitrogen and oxygen atoms in total. The normalized spacial score (nSPS) is 11.0. The molecular weight excluding hydrogens is 292 g/mol. The van der Waals surface area contributed by atoms with Crippen LogP contribution in [0.1, 0.15) is 29.3 Å². The molecule has 0 radical (unpaired) electrons. The second-order valence-electron chi connectivity index (χ2n) is 5.12. The van der Waals surface area contributed by atoms with Gasteiger partial charge >= 0.3 is 0 Å². The molecule has 23 heavy (non-hydrogen) atoms. The molecule has 2 rings (SSSR count). The molecule has 0 atom stereocenters. The number of carbonyl (C=O) groups is 2. The first-order valence-electron chi connectivity index (χ1n) is 7.14. The van der Waals surface area contributed by atoms with Crippen LogP contribution in [0.2, 0.25) is 0 Å². The zero-order valence-corrected chi connectivity index (χ0v) is 13.0. The molecule has 0 fully saturated rings. The summed E-state index contributed by atoms with van der Waals surface area (Å²) in [5, 5.41) is 6.72. The van der Waals surface area contributed by atoms with Gasteiger partial charge in [0.05, 0.1) is 12.0 Å². The lowest BCUT2D eigenvalue weighted by Gasteiger charge is -2.06. The first-order valence-corrected chi connectivity index (χ1v) is 7.14. The molecule has 0 saturated carbocycles. The Hall–Kier alpha value is -3.02. The lowest BCUT2D eigenvalue weighted by Crippen LogP contribution is -2.21. The van der Waals surface area contributed by atoms with Crippen LogP contribution in [0, 0.1) is 6.92 Å². The van der Waals surface area contributed by atoms with E-state index in [0.29, 0.717) is 11.3 Å². The molecule has 0 bridgehead atoms. The minimum atomic E-state index is -0.364. The average molecular weight is 310 g/mol. The summed E-state index contributed by atoms with van der Waals surface area (Å²) in [7, 11) is 0. The fourth-order valence-corrected chi connectivity index (χ4v) is 1.91. The van der Waals surface area contributed by atoms with Gasteiger partial charge in [-0.3, -0.25) is 14.6 Å². The van der Waals surface area contributed by atoms with E-state index in [2.05, 4.69) is 20.8 Å². The number of nitrogens with one attached hydrogen (secondary N) is 2. The number of aromatic nitrogens is 1. The van der Waals surface area contributed by atoms with Crippen molar-refractivity contribution in [1.29, 1.82) is 0 Å². The highest BCUT2D eigenvalue weighted by molar-refractivity contribution is 6.06. The number of benzene rings is 1. The summed E-state index contributed by atoms with van der Waals surface area (Å²) in [6.45, 7) is 3.63. The number of pyridine rings is 1. The zero-order chi connectivity index (χ0) is 16.7. The number of rotatable bonds is 5. The lowest BCUT2D eigenvalue weighted by atomic mass is 10.2. The topological polar surface area (TPSA) is 83.5 Å². The standard InChI is InChI=1S/C17H18N4O2/c1-12-5-3-7-15(9-12)19-16(22)10-13(2)20-21-17(23)14-6-4-8-18-11-14/h3-9,11H,10H2,1-2H3,(H,19,22)(H,21,23). The average Bonchev–Trinajstić information content (AvgIpc) is 2.53. The van der Waals surface area contributed by atoms with Crippen molar-refractivity contribution in [2.75, 3.05) is 5.32 Å². The number of hydrogen-bond acceptors (Lipinski definition) is 4. The third kappa shape index (κ3) is 5.35. The van der Waals surface area contributed by atoms with Crippen molar-refractivity contribution in [3.05, 3.63) is 59.9 Å². The van der Waals surface area contributed by atoms with Crippen molar-refractivity contribution < 1.29 is 9.59 Å². The Morgan fingerprint density at radius 1 is 1.22 bits per heavy atom. The number of nitrogens with zero attached hydrogens (tertiary/aromatic N) is 2. The summed E-state index contributed by atoms with van der Waals surface area (Å²) in [5.41, 5.74) is 5.13. The smallest absolute Gasteiger partial charge is 0.272 e. The van der Waals surface area contributed by atoms with Crippen LogP contribution in [-0.4, -0.2) is 22.5 Å². The fraction of sp³-hybridized carbons (Fsp3) is 0.176. The quantitative estimate of drug-likeness (QED) is 0.657. The highest BCUT2D eigenvalue weighted by Crippen LogP contribution is 2.09. The number of carbonyl (C=O) groups excluding carboxylic acids is 2. The predicted octanol–water partition coefficient (Wildman–Crippen LogP) is 2.52. The number of hydrogen-bond donors (Lipinski definition) is 2. The Bertz CT molecular complexity index is 726. The molecule has 6 heteroatoms. The Balaban J connectivity index is 1.87. The van der Waals surface area contributed by atoms with Crippen LogP contribution in [0.4, 0.5) is 5.69 Å². The Morgan fingerprint density at radius 2 is 2.04 bits per heavy atom.